The van der Waals surface area contributed by atoms with E-state index in [2.05, 4.69) is 0 Å². The van der Waals surface area contributed by atoms with Gasteiger partial charge in [0.1, 0.15) is 4.88 Å². The van der Waals surface area contributed by atoms with Crippen molar-refractivity contribution >= 4 is 60.4 Å². The highest BCUT2D eigenvalue weighted by Gasteiger charge is 2.36. The molecule has 1 aromatic heterocycles. The second-order valence-corrected chi connectivity index (χ2v) is 11.5. The Bertz CT molecular complexity index is 1200. The summed E-state index contributed by atoms with van der Waals surface area (Å²) in [5.74, 6) is -0.173. The van der Waals surface area contributed by atoms with Crippen LogP contribution in [-0.2, 0) is 16.4 Å². The van der Waals surface area contributed by atoms with Crippen LogP contribution in [0.2, 0.25) is 10.0 Å². The molecule has 1 unspecified atom stereocenters. The van der Waals surface area contributed by atoms with Crippen molar-refractivity contribution in [2.75, 3.05) is 11.5 Å². The quantitative estimate of drug-likeness (QED) is 0.519. The zero-order valence-electron chi connectivity index (χ0n) is 15.7. The molecular formula is C21H19Cl2NO3S2. The first-order valence-corrected chi connectivity index (χ1v) is 12.6. The Kier molecular flexibility index (Phi) is 5.64. The average Bonchev–Trinajstić information content (AvgIpc) is 3.18. The van der Waals surface area contributed by atoms with Gasteiger partial charge in [0.25, 0.3) is 5.91 Å². The summed E-state index contributed by atoms with van der Waals surface area (Å²) in [5.41, 5.74) is 1.94. The van der Waals surface area contributed by atoms with Gasteiger partial charge < -0.3 is 4.90 Å². The Hall–Kier alpha value is -1.60. The number of sulfone groups is 1. The van der Waals surface area contributed by atoms with Crippen LogP contribution >= 0.6 is 34.5 Å². The molecule has 3 aromatic rings. The van der Waals surface area contributed by atoms with Crippen molar-refractivity contribution in [1.82, 2.24) is 4.90 Å². The number of thiophene rings is 1. The molecule has 0 bridgehead atoms. The standard InChI is InChI=1S/C21H19Cl2NO3S2/c1-13-5-6-17-18(9-13)28-20(19(17)23)21(25)24(16-7-8-29(26,27)12-16)11-14-3-2-4-15(22)10-14/h2-6,9-10,16H,7-8,11-12H2,1H3. The van der Waals surface area contributed by atoms with Crippen LogP contribution in [0.4, 0.5) is 0 Å². The summed E-state index contributed by atoms with van der Waals surface area (Å²) in [5, 5.41) is 1.84. The minimum absolute atomic E-state index is 0.0269. The van der Waals surface area contributed by atoms with E-state index in [1.54, 1.807) is 17.0 Å². The number of hydrogen-bond donors (Lipinski definition) is 0. The first kappa shape index (κ1) is 20.7. The molecule has 8 heteroatoms. The summed E-state index contributed by atoms with van der Waals surface area (Å²) >= 11 is 14.0. The molecule has 0 N–H and O–H groups in total. The van der Waals surface area contributed by atoms with Crippen LogP contribution < -0.4 is 0 Å². The number of carbonyl (C=O) groups excluding carboxylic acids is 1. The van der Waals surface area contributed by atoms with E-state index in [-0.39, 0.29) is 30.0 Å². The zero-order chi connectivity index (χ0) is 20.8. The molecule has 0 spiro atoms. The molecule has 2 heterocycles. The largest absolute Gasteiger partial charge is 0.330 e. The fraction of sp³-hybridized carbons (Fsp3) is 0.286. The summed E-state index contributed by atoms with van der Waals surface area (Å²) < 4.78 is 25.1. The Morgan fingerprint density at radius 2 is 2.00 bits per heavy atom. The highest BCUT2D eigenvalue weighted by atomic mass is 35.5. The maximum absolute atomic E-state index is 13.5. The lowest BCUT2D eigenvalue weighted by Gasteiger charge is -2.28. The summed E-state index contributed by atoms with van der Waals surface area (Å²) in [6.07, 6.45) is 0.427. The molecule has 1 aliphatic rings. The van der Waals surface area contributed by atoms with Crippen LogP contribution in [0.5, 0.6) is 0 Å². The van der Waals surface area contributed by atoms with Crippen LogP contribution in [0, 0.1) is 6.92 Å². The van der Waals surface area contributed by atoms with Gasteiger partial charge in [0.2, 0.25) is 0 Å². The molecule has 29 heavy (non-hydrogen) atoms. The minimum Gasteiger partial charge on any atom is -0.330 e. The molecule has 4 nitrogen and oxygen atoms in total. The summed E-state index contributed by atoms with van der Waals surface area (Å²) in [6, 6.07) is 12.8. The third-order valence-electron chi connectivity index (χ3n) is 5.13. The highest BCUT2D eigenvalue weighted by Crippen LogP contribution is 2.37. The molecule has 1 atom stereocenters. The molecule has 2 aromatic carbocycles. The van der Waals surface area contributed by atoms with Gasteiger partial charge in [-0.1, -0.05) is 47.5 Å². The average molecular weight is 468 g/mol. The van der Waals surface area contributed by atoms with Gasteiger partial charge in [-0.05, 0) is 42.7 Å². The van der Waals surface area contributed by atoms with Gasteiger partial charge in [0, 0.05) is 27.7 Å². The smallest absolute Gasteiger partial charge is 0.266 e. The minimum atomic E-state index is -3.15. The van der Waals surface area contributed by atoms with Crippen molar-refractivity contribution in [3.63, 3.8) is 0 Å². The van der Waals surface area contributed by atoms with E-state index in [0.717, 1.165) is 21.2 Å². The van der Waals surface area contributed by atoms with Crippen LogP contribution in [-0.4, -0.2) is 36.8 Å². The first-order chi connectivity index (χ1) is 13.7. The number of benzene rings is 2. The highest BCUT2D eigenvalue weighted by molar-refractivity contribution is 7.91. The second-order valence-electron chi connectivity index (χ2n) is 7.36. The first-order valence-electron chi connectivity index (χ1n) is 9.18. The molecule has 4 rings (SSSR count). The fourth-order valence-corrected chi connectivity index (χ4v) is 7.17. The number of halogens is 2. The number of carbonyl (C=O) groups is 1. The third kappa shape index (κ3) is 4.31. The summed E-state index contributed by atoms with van der Waals surface area (Å²) in [4.78, 5) is 15.6. The molecule has 0 saturated carbocycles. The van der Waals surface area contributed by atoms with Gasteiger partial charge in [-0.3, -0.25) is 4.79 Å². The third-order valence-corrected chi connectivity index (χ3v) is 8.76. The monoisotopic (exact) mass is 467 g/mol. The van der Waals surface area contributed by atoms with E-state index < -0.39 is 9.84 Å². The number of fused-ring (bicyclic) bond motifs is 1. The molecular weight excluding hydrogens is 449 g/mol. The Morgan fingerprint density at radius 3 is 2.69 bits per heavy atom. The van der Waals surface area contributed by atoms with Gasteiger partial charge in [-0.2, -0.15) is 0 Å². The molecule has 0 aliphatic carbocycles. The van der Waals surface area contributed by atoms with Crippen molar-refractivity contribution in [2.45, 2.75) is 25.9 Å². The van der Waals surface area contributed by atoms with Crippen LogP contribution in [0.3, 0.4) is 0 Å². The lowest BCUT2D eigenvalue weighted by Crippen LogP contribution is -2.40. The zero-order valence-corrected chi connectivity index (χ0v) is 18.8. The van der Waals surface area contributed by atoms with Crippen LogP contribution in [0.25, 0.3) is 10.1 Å². The topological polar surface area (TPSA) is 54.5 Å². The van der Waals surface area contributed by atoms with Crippen molar-refractivity contribution in [1.29, 1.82) is 0 Å². The van der Waals surface area contributed by atoms with Gasteiger partial charge in [-0.15, -0.1) is 11.3 Å². The molecule has 1 fully saturated rings. The molecule has 152 valence electrons. The Labute approximate surface area is 184 Å². The van der Waals surface area contributed by atoms with Gasteiger partial charge in [0.15, 0.2) is 9.84 Å². The molecule has 0 radical (unpaired) electrons. The van der Waals surface area contributed by atoms with Crippen LogP contribution in [0.15, 0.2) is 42.5 Å². The van der Waals surface area contributed by atoms with Crippen molar-refractivity contribution < 1.29 is 13.2 Å². The molecule has 1 aliphatic heterocycles. The van der Waals surface area contributed by atoms with E-state index in [1.807, 2.05) is 37.3 Å². The Balaban J connectivity index is 1.74. The van der Waals surface area contributed by atoms with E-state index in [1.165, 1.54) is 11.3 Å². The molecule has 1 saturated heterocycles. The van der Waals surface area contributed by atoms with Crippen molar-refractivity contribution in [3.8, 4) is 0 Å². The fourth-order valence-electron chi connectivity index (χ4n) is 3.66. The number of nitrogens with zero attached hydrogens (tertiary/aromatic N) is 1. The van der Waals surface area contributed by atoms with Crippen molar-refractivity contribution in [3.05, 3.63) is 68.5 Å². The lowest BCUT2D eigenvalue weighted by atomic mass is 10.1. The lowest BCUT2D eigenvalue weighted by molar-refractivity contribution is 0.0686. The summed E-state index contributed by atoms with van der Waals surface area (Å²) in [6.45, 7) is 2.27. The summed E-state index contributed by atoms with van der Waals surface area (Å²) in [7, 11) is -3.15. The predicted molar refractivity (Wildman–Crippen MR) is 120 cm³/mol. The van der Waals surface area contributed by atoms with Gasteiger partial charge in [0.05, 0.1) is 16.5 Å². The van der Waals surface area contributed by atoms with Crippen molar-refractivity contribution in [2.24, 2.45) is 0 Å². The SMILES string of the molecule is Cc1ccc2c(Cl)c(C(=O)N(Cc3cccc(Cl)c3)C3CCS(=O)(=O)C3)sc2c1. The maximum atomic E-state index is 13.5. The molecule has 1 amide bonds. The van der Waals surface area contributed by atoms with E-state index in [4.69, 9.17) is 23.2 Å². The maximum Gasteiger partial charge on any atom is 0.266 e. The Morgan fingerprint density at radius 1 is 1.21 bits per heavy atom. The van der Waals surface area contributed by atoms with E-state index >= 15 is 0 Å². The van der Waals surface area contributed by atoms with Crippen LogP contribution in [0.1, 0.15) is 27.2 Å². The number of hydrogen-bond acceptors (Lipinski definition) is 4. The number of rotatable bonds is 4. The normalized spacial score (nSPS) is 18.2. The van der Waals surface area contributed by atoms with E-state index in [0.29, 0.717) is 21.3 Å². The number of aryl methyl sites for hydroxylation is 1. The predicted octanol–water partition coefficient (Wildman–Crippen LogP) is 5.35. The second kappa shape index (κ2) is 7.91. The number of amides is 1. The van der Waals surface area contributed by atoms with Gasteiger partial charge >= 0.3 is 0 Å². The van der Waals surface area contributed by atoms with E-state index in [9.17, 15) is 13.2 Å². The van der Waals surface area contributed by atoms with Gasteiger partial charge in [-0.25, -0.2) is 8.42 Å².